The Morgan fingerprint density at radius 1 is 1.33 bits per heavy atom. The van der Waals surface area contributed by atoms with Crippen LogP contribution in [0.25, 0.3) is 0 Å². The molecular weight excluding hydrogens is 290 g/mol. The van der Waals surface area contributed by atoms with E-state index in [1.165, 1.54) is 0 Å². The molecule has 2 rings (SSSR count). The van der Waals surface area contributed by atoms with Crippen LogP contribution in [0, 0.1) is 21.7 Å². The van der Waals surface area contributed by atoms with Gasteiger partial charge in [0.25, 0.3) is 0 Å². The van der Waals surface area contributed by atoms with E-state index in [2.05, 4.69) is 4.98 Å². The first-order valence-electron chi connectivity index (χ1n) is 5.38. The lowest BCUT2D eigenvalue weighted by molar-refractivity contribution is -0.385. The van der Waals surface area contributed by atoms with E-state index in [0.717, 1.165) is 24.5 Å². The summed E-state index contributed by atoms with van der Waals surface area (Å²) < 4.78 is 31.7. The summed E-state index contributed by atoms with van der Waals surface area (Å²) in [5.41, 5.74) is -1.07. The standard InChI is InChI=1S/C12H6F2N2O5/c13-8-1-2-9(16(19)20)11(10(8)14)21-7-3-6(12(17)18)4-15-5-7/h1-5H,(H,17,18). The summed E-state index contributed by atoms with van der Waals surface area (Å²) in [6, 6.07) is 2.30. The van der Waals surface area contributed by atoms with Crippen molar-refractivity contribution in [2.75, 3.05) is 0 Å². The summed E-state index contributed by atoms with van der Waals surface area (Å²) >= 11 is 0. The number of rotatable bonds is 4. The number of ether oxygens (including phenoxy) is 1. The number of hydrogen-bond acceptors (Lipinski definition) is 5. The number of nitrogens with zero attached hydrogens (tertiary/aromatic N) is 2. The van der Waals surface area contributed by atoms with Gasteiger partial charge in [-0.15, -0.1) is 0 Å². The number of nitro groups is 1. The lowest BCUT2D eigenvalue weighted by Gasteiger charge is -2.07. The highest BCUT2D eigenvalue weighted by atomic mass is 19.2. The van der Waals surface area contributed by atoms with Crippen LogP contribution in [0.1, 0.15) is 10.4 Å². The van der Waals surface area contributed by atoms with Gasteiger partial charge in [0, 0.05) is 12.3 Å². The third kappa shape index (κ3) is 2.91. The molecule has 21 heavy (non-hydrogen) atoms. The summed E-state index contributed by atoms with van der Waals surface area (Å²) in [6.07, 6.45) is 2.02. The van der Waals surface area contributed by atoms with Crippen molar-refractivity contribution < 1.29 is 28.3 Å². The van der Waals surface area contributed by atoms with Crippen LogP contribution in [0.5, 0.6) is 11.5 Å². The molecule has 0 spiro atoms. The van der Waals surface area contributed by atoms with E-state index in [1.54, 1.807) is 0 Å². The van der Waals surface area contributed by atoms with Gasteiger partial charge in [0.15, 0.2) is 5.82 Å². The molecule has 2 aromatic rings. The van der Waals surface area contributed by atoms with Gasteiger partial charge in [-0.05, 0) is 12.1 Å². The average molecular weight is 296 g/mol. The normalized spacial score (nSPS) is 10.2. The highest BCUT2D eigenvalue weighted by molar-refractivity contribution is 5.87. The van der Waals surface area contributed by atoms with Gasteiger partial charge >= 0.3 is 11.7 Å². The minimum atomic E-state index is -1.55. The maximum Gasteiger partial charge on any atom is 0.337 e. The van der Waals surface area contributed by atoms with E-state index < -0.39 is 34.0 Å². The summed E-state index contributed by atoms with van der Waals surface area (Å²) in [6.45, 7) is 0. The number of benzene rings is 1. The molecule has 0 radical (unpaired) electrons. The van der Waals surface area contributed by atoms with Gasteiger partial charge < -0.3 is 9.84 Å². The minimum absolute atomic E-state index is 0.271. The van der Waals surface area contributed by atoms with Crippen LogP contribution in [0.4, 0.5) is 14.5 Å². The first-order chi connectivity index (χ1) is 9.90. The van der Waals surface area contributed by atoms with E-state index in [0.29, 0.717) is 6.07 Å². The molecule has 9 heteroatoms. The maximum absolute atomic E-state index is 13.6. The summed E-state index contributed by atoms with van der Waals surface area (Å²) in [5.74, 6) is -5.43. The predicted octanol–water partition coefficient (Wildman–Crippen LogP) is 2.76. The number of carboxylic acids is 1. The van der Waals surface area contributed by atoms with Crippen LogP contribution in [0.3, 0.4) is 0 Å². The molecule has 1 N–H and O–H groups in total. The molecule has 0 atom stereocenters. The quantitative estimate of drug-likeness (QED) is 0.687. The molecule has 0 saturated carbocycles. The predicted molar refractivity (Wildman–Crippen MR) is 64.3 cm³/mol. The van der Waals surface area contributed by atoms with Crippen molar-refractivity contribution in [2.45, 2.75) is 0 Å². The largest absolute Gasteiger partial charge is 0.478 e. The molecule has 1 aromatic heterocycles. The van der Waals surface area contributed by atoms with E-state index >= 15 is 0 Å². The van der Waals surface area contributed by atoms with Crippen LogP contribution < -0.4 is 4.74 Å². The van der Waals surface area contributed by atoms with Gasteiger partial charge in [-0.1, -0.05) is 0 Å². The van der Waals surface area contributed by atoms with E-state index in [1.807, 2.05) is 0 Å². The molecule has 0 amide bonds. The van der Waals surface area contributed by atoms with E-state index in [9.17, 15) is 23.7 Å². The first-order valence-corrected chi connectivity index (χ1v) is 5.38. The van der Waals surface area contributed by atoms with Crippen LogP contribution in [-0.4, -0.2) is 21.0 Å². The number of hydrogen-bond donors (Lipinski definition) is 1. The zero-order chi connectivity index (χ0) is 15.6. The third-order valence-corrected chi connectivity index (χ3v) is 2.41. The highest BCUT2D eigenvalue weighted by Crippen LogP contribution is 2.35. The van der Waals surface area contributed by atoms with Gasteiger partial charge in [0.1, 0.15) is 5.75 Å². The Balaban J connectivity index is 2.48. The van der Waals surface area contributed by atoms with Gasteiger partial charge in [-0.25, -0.2) is 9.18 Å². The van der Waals surface area contributed by atoms with Crippen LogP contribution in [0.15, 0.2) is 30.6 Å². The van der Waals surface area contributed by atoms with Crippen molar-refractivity contribution in [2.24, 2.45) is 0 Å². The van der Waals surface area contributed by atoms with Crippen molar-refractivity contribution in [3.63, 3.8) is 0 Å². The van der Waals surface area contributed by atoms with Crippen LogP contribution in [-0.2, 0) is 0 Å². The van der Waals surface area contributed by atoms with Crippen molar-refractivity contribution in [1.29, 1.82) is 0 Å². The Labute approximate surface area is 115 Å². The smallest absolute Gasteiger partial charge is 0.337 e. The second kappa shape index (κ2) is 5.49. The summed E-state index contributed by atoms with van der Waals surface area (Å²) in [5, 5.41) is 19.6. The Hall–Kier alpha value is -3.10. The Morgan fingerprint density at radius 2 is 2.05 bits per heavy atom. The van der Waals surface area contributed by atoms with Gasteiger partial charge in [-0.2, -0.15) is 4.39 Å². The molecule has 0 bridgehead atoms. The monoisotopic (exact) mass is 296 g/mol. The van der Waals surface area contributed by atoms with E-state index in [-0.39, 0.29) is 11.3 Å². The SMILES string of the molecule is O=C(O)c1cncc(Oc2c([N+](=O)[O-])ccc(F)c2F)c1. The maximum atomic E-state index is 13.6. The summed E-state index contributed by atoms with van der Waals surface area (Å²) in [7, 11) is 0. The lowest BCUT2D eigenvalue weighted by atomic mass is 10.2. The van der Waals surface area contributed by atoms with Gasteiger partial charge in [-0.3, -0.25) is 15.1 Å². The molecule has 1 heterocycles. The Bertz CT molecular complexity index is 736. The zero-order valence-electron chi connectivity index (χ0n) is 10.1. The fraction of sp³-hybridized carbons (Fsp3) is 0. The first kappa shape index (κ1) is 14.3. The van der Waals surface area contributed by atoms with E-state index in [4.69, 9.17) is 9.84 Å². The lowest BCUT2D eigenvalue weighted by Crippen LogP contribution is -2.01. The molecule has 7 nitrogen and oxygen atoms in total. The molecule has 0 aliphatic rings. The Kier molecular flexibility index (Phi) is 3.74. The van der Waals surface area contributed by atoms with Crippen molar-refractivity contribution in [1.82, 2.24) is 4.98 Å². The molecule has 1 aromatic carbocycles. The number of pyridine rings is 1. The number of carbonyl (C=O) groups is 1. The molecule has 0 saturated heterocycles. The number of aromatic nitrogens is 1. The zero-order valence-corrected chi connectivity index (χ0v) is 10.1. The van der Waals surface area contributed by atoms with Crippen molar-refractivity contribution in [3.05, 3.63) is 57.9 Å². The summed E-state index contributed by atoms with van der Waals surface area (Å²) in [4.78, 5) is 24.1. The molecule has 0 unspecified atom stereocenters. The van der Waals surface area contributed by atoms with Crippen molar-refractivity contribution >= 4 is 11.7 Å². The highest BCUT2D eigenvalue weighted by Gasteiger charge is 2.24. The molecule has 0 aliphatic carbocycles. The fourth-order valence-electron chi connectivity index (χ4n) is 1.47. The molecule has 0 fully saturated rings. The van der Waals surface area contributed by atoms with Crippen molar-refractivity contribution in [3.8, 4) is 11.5 Å². The number of aromatic carboxylic acids is 1. The minimum Gasteiger partial charge on any atom is -0.478 e. The molecular formula is C12H6F2N2O5. The number of nitro benzene ring substituents is 1. The van der Waals surface area contributed by atoms with Gasteiger partial charge in [0.2, 0.25) is 11.6 Å². The number of halogens is 2. The fourth-order valence-corrected chi connectivity index (χ4v) is 1.47. The topological polar surface area (TPSA) is 103 Å². The molecule has 108 valence electrons. The second-order valence-electron chi connectivity index (χ2n) is 3.78. The van der Waals surface area contributed by atoms with Gasteiger partial charge in [0.05, 0.1) is 16.7 Å². The van der Waals surface area contributed by atoms with Crippen LogP contribution in [0.2, 0.25) is 0 Å². The number of carboxylic acid groups (broad SMARTS) is 1. The molecule has 0 aliphatic heterocycles. The average Bonchev–Trinajstić information content (AvgIpc) is 2.44. The Morgan fingerprint density at radius 3 is 2.67 bits per heavy atom. The second-order valence-corrected chi connectivity index (χ2v) is 3.78. The third-order valence-electron chi connectivity index (χ3n) is 2.41. The van der Waals surface area contributed by atoms with Crippen LogP contribution >= 0.6 is 0 Å².